The van der Waals surface area contributed by atoms with E-state index in [1.165, 1.54) is 11.3 Å². The minimum Gasteiger partial charge on any atom is -0.352 e. The maximum atomic E-state index is 13.8. The molecule has 0 radical (unpaired) electrons. The molecule has 0 heterocycles. The molecule has 2 aromatic carbocycles. The smallest absolute Gasteiger partial charge is 0.244 e. The fraction of sp³-hybridized carbons (Fsp3) is 0.500. The van der Waals surface area contributed by atoms with Crippen molar-refractivity contribution in [3.63, 3.8) is 0 Å². The van der Waals surface area contributed by atoms with E-state index in [0.29, 0.717) is 10.7 Å². The number of sulfonamides is 1. The molecule has 37 heavy (non-hydrogen) atoms. The topological polar surface area (TPSA) is 86.8 Å². The first-order valence-corrected chi connectivity index (χ1v) is 15.1. The fourth-order valence-corrected chi connectivity index (χ4v) is 5.73. The van der Waals surface area contributed by atoms with Gasteiger partial charge in [0.15, 0.2) is 0 Å². The summed E-state index contributed by atoms with van der Waals surface area (Å²) < 4.78 is 26.9. The van der Waals surface area contributed by atoms with Crippen LogP contribution in [0.3, 0.4) is 0 Å². The number of anilines is 1. The van der Waals surface area contributed by atoms with Gasteiger partial charge in [-0.2, -0.15) is 0 Å². The third kappa shape index (κ3) is 7.95. The van der Waals surface area contributed by atoms with Gasteiger partial charge in [0.25, 0.3) is 0 Å². The summed E-state index contributed by atoms with van der Waals surface area (Å²) in [5.74, 6) is -0.631. The Hall–Kier alpha value is -2.58. The van der Waals surface area contributed by atoms with E-state index < -0.39 is 28.5 Å². The molecule has 0 aromatic heterocycles. The number of para-hydroxylation sites is 1. The standard InChI is InChI=1S/C28H38ClN3O4S/c1-20(2)25-12-8-9-13-26(25)32(37(4,35)36)19-27(33)31(18-22-14-16-23(29)17-15-22)21(3)28(34)30-24-10-6-5-7-11-24/h8-9,12-17,20-21,24H,5-7,10-11,18-19H2,1-4H3,(H,30,34)/t21-/m1/s1. The van der Waals surface area contributed by atoms with Gasteiger partial charge in [-0.3, -0.25) is 13.9 Å². The number of hydrogen-bond donors (Lipinski definition) is 1. The molecule has 1 N–H and O–H groups in total. The summed E-state index contributed by atoms with van der Waals surface area (Å²) in [5, 5.41) is 3.67. The number of halogens is 1. The van der Waals surface area contributed by atoms with Gasteiger partial charge in [-0.25, -0.2) is 8.42 Å². The molecule has 1 aliphatic rings. The molecular formula is C28H38ClN3O4S. The van der Waals surface area contributed by atoms with Crippen LogP contribution in [0.25, 0.3) is 0 Å². The third-order valence-corrected chi connectivity index (χ3v) is 8.27. The molecule has 1 atom stereocenters. The van der Waals surface area contributed by atoms with E-state index in [4.69, 9.17) is 11.6 Å². The molecule has 1 saturated carbocycles. The highest BCUT2D eigenvalue weighted by Crippen LogP contribution is 2.29. The van der Waals surface area contributed by atoms with Gasteiger partial charge in [-0.05, 0) is 55.0 Å². The van der Waals surface area contributed by atoms with Crippen LogP contribution in [-0.4, -0.2) is 50.0 Å². The van der Waals surface area contributed by atoms with Crippen LogP contribution in [0.5, 0.6) is 0 Å². The monoisotopic (exact) mass is 547 g/mol. The Bertz CT molecular complexity index is 1180. The van der Waals surface area contributed by atoms with Gasteiger partial charge in [-0.1, -0.05) is 75.0 Å². The average molecular weight is 548 g/mol. The van der Waals surface area contributed by atoms with Gasteiger partial charge in [-0.15, -0.1) is 0 Å². The average Bonchev–Trinajstić information content (AvgIpc) is 2.86. The lowest BCUT2D eigenvalue weighted by Crippen LogP contribution is -2.53. The molecule has 3 rings (SSSR count). The highest BCUT2D eigenvalue weighted by atomic mass is 35.5. The van der Waals surface area contributed by atoms with Gasteiger partial charge < -0.3 is 10.2 Å². The van der Waals surface area contributed by atoms with Crippen molar-refractivity contribution in [2.24, 2.45) is 0 Å². The van der Waals surface area contributed by atoms with Crippen LogP contribution < -0.4 is 9.62 Å². The minimum absolute atomic E-state index is 0.0564. The number of nitrogens with zero attached hydrogens (tertiary/aromatic N) is 2. The summed E-state index contributed by atoms with van der Waals surface area (Å²) in [7, 11) is -3.78. The second kappa shape index (κ2) is 12.8. The Balaban J connectivity index is 1.91. The second-order valence-electron chi connectivity index (χ2n) is 10.2. The number of benzene rings is 2. The van der Waals surface area contributed by atoms with Crippen molar-refractivity contribution in [2.75, 3.05) is 17.1 Å². The van der Waals surface area contributed by atoms with Crippen LogP contribution in [0.4, 0.5) is 5.69 Å². The number of nitrogens with one attached hydrogen (secondary N) is 1. The first-order chi connectivity index (χ1) is 17.5. The molecule has 2 aromatic rings. The summed E-state index contributed by atoms with van der Waals surface area (Å²) in [4.78, 5) is 28.5. The minimum atomic E-state index is -3.78. The Morgan fingerprint density at radius 3 is 2.22 bits per heavy atom. The quantitative estimate of drug-likeness (QED) is 0.448. The fourth-order valence-electron chi connectivity index (χ4n) is 4.74. The summed E-state index contributed by atoms with van der Waals surface area (Å²) in [5.41, 5.74) is 2.09. The number of amides is 2. The van der Waals surface area contributed by atoms with Crippen LogP contribution in [-0.2, 0) is 26.2 Å². The molecule has 0 saturated heterocycles. The Morgan fingerprint density at radius 2 is 1.62 bits per heavy atom. The van der Waals surface area contributed by atoms with E-state index in [-0.39, 0.29) is 24.4 Å². The van der Waals surface area contributed by atoms with Crippen molar-refractivity contribution in [3.05, 3.63) is 64.7 Å². The second-order valence-corrected chi connectivity index (χ2v) is 12.5. The number of carbonyl (C=O) groups excluding carboxylic acids is 2. The predicted molar refractivity (Wildman–Crippen MR) is 149 cm³/mol. The van der Waals surface area contributed by atoms with E-state index in [1.807, 2.05) is 26.0 Å². The molecule has 1 fully saturated rings. The third-order valence-electron chi connectivity index (χ3n) is 6.89. The van der Waals surface area contributed by atoms with Crippen molar-refractivity contribution in [1.82, 2.24) is 10.2 Å². The van der Waals surface area contributed by atoms with Crippen LogP contribution in [0.2, 0.25) is 5.02 Å². The lowest BCUT2D eigenvalue weighted by Gasteiger charge is -2.33. The van der Waals surface area contributed by atoms with Gasteiger partial charge in [0.1, 0.15) is 12.6 Å². The van der Waals surface area contributed by atoms with Gasteiger partial charge in [0.05, 0.1) is 11.9 Å². The first-order valence-electron chi connectivity index (χ1n) is 12.9. The SMILES string of the molecule is CC(C)c1ccccc1N(CC(=O)N(Cc1ccc(Cl)cc1)[C@H](C)C(=O)NC1CCCCC1)S(C)(=O)=O. The van der Waals surface area contributed by atoms with E-state index in [1.54, 1.807) is 43.3 Å². The van der Waals surface area contributed by atoms with Crippen molar-refractivity contribution in [1.29, 1.82) is 0 Å². The summed E-state index contributed by atoms with van der Waals surface area (Å²) in [6.07, 6.45) is 6.27. The molecule has 0 unspecified atom stereocenters. The molecule has 2 amide bonds. The molecule has 7 nitrogen and oxygen atoms in total. The summed E-state index contributed by atoms with van der Waals surface area (Å²) >= 11 is 6.04. The van der Waals surface area contributed by atoms with Crippen LogP contribution in [0.15, 0.2) is 48.5 Å². The highest BCUT2D eigenvalue weighted by molar-refractivity contribution is 7.92. The molecule has 0 spiro atoms. The summed E-state index contributed by atoms with van der Waals surface area (Å²) in [6.45, 7) is 5.39. The van der Waals surface area contributed by atoms with Crippen molar-refractivity contribution >= 4 is 39.1 Å². The maximum Gasteiger partial charge on any atom is 0.244 e. The lowest BCUT2D eigenvalue weighted by atomic mass is 9.95. The number of rotatable bonds is 10. The lowest BCUT2D eigenvalue weighted by molar-refractivity contribution is -0.139. The zero-order valence-electron chi connectivity index (χ0n) is 22.1. The van der Waals surface area contributed by atoms with E-state index in [9.17, 15) is 18.0 Å². The van der Waals surface area contributed by atoms with Crippen molar-refractivity contribution < 1.29 is 18.0 Å². The molecule has 0 aliphatic heterocycles. The highest BCUT2D eigenvalue weighted by Gasteiger charge is 2.32. The van der Waals surface area contributed by atoms with Gasteiger partial charge >= 0.3 is 0 Å². The van der Waals surface area contributed by atoms with Crippen molar-refractivity contribution in [2.45, 2.75) is 77.4 Å². The normalized spacial score (nSPS) is 15.3. The molecule has 9 heteroatoms. The van der Waals surface area contributed by atoms with Crippen LogP contribution in [0.1, 0.15) is 69.9 Å². The molecule has 202 valence electrons. The Kier molecular flexibility index (Phi) is 10.0. The Morgan fingerprint density at radius 1 is 1.00 bits per heavy atom. The molecular weight excluding hydrogens is 510 g/mol. The largest absolute Gasteiger partial charge is 0.352 e. The summed E-state index contributed by atoms with van der Waals surface area (Å²) in [6, 6.07) is 13.6. The first kappa shape index (κ1) is 29.0. The molecule has 1 aliphatic carbocycles. The van der Waals surface area contributed by atoms with E-state index in [2.05, 4.69) is 5.32 Å². The van der Waals surface area contributed by atoms with Crippen LogP contribution in [0, 0.1) is 0 Å². The molecule has 0 bridgehead atoms. The van der Waals surface area contributed by atoms with Gasteiger partial charge in [0, 0.05) is 17.6 Å². The maximum absolute atomic E-state index is 13.8. The predicted octanol–water partition coefficient (Wildman–Crippen LogP) is 5.10. The zero-order valence-corrected chi connectivity index (χ0v) is 23.7. The van der Waals surface area contributed by atoms with E-state index in [0.717, 1.165) is 47.4 Å². The van der Waals surface area contributed by atoms with Gasteiger partial charge in [0.2, 0.25) is 21.8 Å². The van der Waals surface area contributed by atoms with Crippen molar-refractivity contribution in [3.8, 4) is 0 Å². The van der Waals surface area contributed by atoms with E-state index >= 15 is 0 Å². The zero-order chi connectivity index (χ0) is 27.2. The number of hydrogen-bond acceptors (Lipinski definition) is 4. The number of carbonyl (C=O) groups is 2. The van der Waals surface area contributed by atoms with Crippen LogP contribution >= 0.6 is 11.6 Å². The Labute approximate surface area is 226 Å².